The van der Waals surface area contributed by atoms with Crippen LogP contribution >= 0.6 is 0 Å². The van der Waals surface area contributed by atoms with Crippen LogP contribution in [0.1, 0.15) is 5.56 Å². The Balaban J connectivity index is 1.29. The van der Waals surface area contributed by atoms with Crippen LogP contribution in [-0.4, -0.2) is 19.5 Å². The molecule has 2 heterocycles. The van der Waals surface area contributed by atoms with Crippen LogP contribution in [0.2, 0.25) is 0 Å². The molecule has 0 aliphatic heterocycles. The van der Waals surface area contributed by atoms with Gasteiger partial charge in [0, 0.05) is 38.7 Å². The Morgan fingerprint density at radius 1 is 0.409 bits per heavy atom. The van der Waals surface area contributed by atoms with Gasteiger partial charge in [-0.05, 0) is 42.8 Å². The second kappa shape index (κ2) is 10.8. The van der Waals surface area contributed by atoms with E-state index in [9.17, 15) is 0 Å². The number of rotatable bonds is 5. The average molecular weight is 565 g/mol. The third-order valence-electron chi connectivity index (χ3n) is 8.14. The molecule has 0 aliphatic carbocycles. The summed E-state index contributed by atoms with van der Waals surface area (Å²) in [5.74, 6) is 1.96. The molecule has 4 heteroatoms. The summed E-state index contributed by atoms with van der Waals surface area (Å²) in [6.45, 7) is 2.13. The molecule has 0 aliphatic rings. The second-order valence-corrected chi connectivity index (χ2v) is 11.0. The van der Waals surface area contributed by atoms with Crippen LogP contribution in [0.4, 0.5) is 0 Å². The predicted molar refractivity (Wildman–Crippen MR) is 181 cm³/mol. The molecule has 44 heavy (non-hydrogen) atoms. The number of para-hydroxylation sites is 2. The standard InChI is InChI=1S/C40H28N4/c1-27-19-21-28(22-20-27)33-16-10-17-35-34-15-8-9-18-36(34)44(37(33)35)32-25-23-31(24-26-32)40-42-38(29-11-4-2-5-12-29)41-39(43-40)30-13-6-3-7-14-30/h2-26H,1H3. The van der Waals surface area contributed by atoms with E-state index >= 15 is 0 Å². The lowest BCUT2D eigenvalue weighted by atomic mass is 10.0. The molecule has 0 fully saturated rings. The van der Waals surface area contributed by atoms with Crippen molar-refractivity contribution in [1.82, 2.24) is 19.5 Å². The predicted octanol–water partition coefficient (Wildman–Crippen LogP) is 9.95. The average Bonchev–Trinajstić information content (AvgIpc) is 3.44. The molecule has 0 N–H and O–H groups in total. The van der Waals surface area contributed by atoms with E-state index in [1.165, 1.54) is 38.5 Å². The van der Waals surface area contributed by atoms with Crippen molar-refractivity contribution in [3.63, 3.8) is 0 Å². The molecule has 6 aromatic carbocycles. The maximum absolute atomic E-state index is 4.92. The van der Waals surface area contributed by atoms with Crippen molar-refractivity contribution in [1.29, 1.82) is 0 Å². The first-order valence-electron chi connectivity index (χ1n) is 14.8. The Labute approximate surface area is 256 Å². The van der Waals surface area contributed by atoms with E-state index in [0.29, 0.717) is 17.5 Å². The maximum Gasteiger partial charge on any atom is 0.164 e. The van der Waals surface area contributed by atoms with Gasteiger partial charge < -0.3 is 4.57 Å². The first-order valence-corrected chi connectivity index (χ1v) is 14.8. The first kappa shape index (κ1) is 25.8. The van der Waals surface area contributed by atoms with E-state index < -0.39 is 0 Å². The van der Waals surface area contributed by atoms with Gasteiger partial charge in [0.25, 0.3) is 0 Å². The van der Waals surface area contributed by atoms with E-state index in [4.69, 9.17) is 15.0 Å². The van der Waals surface area contributed by atoms with Gasteiger partial charge in [0.05, 0.1) is 11.0 Å². The molecule has 0 spiro atoms. The number of aromatic nitrogens is 4. The Bertz CT molecular complexity index is 2190. The van der Waals surface area contributed by atoms with Crippen LogP contribution in [0.3, 0.4) is 0 Å². The van der Waals surface area contributed by atoms with E-state index in [2.05, 4.69) is 102 Å². The third-order valence-corrected chi connectivity index (χ3v) is 8.14. The zero-order valence-corrected chi connectivity index (χ0v) is 24.2. The van der Waals surface area contributed by atoms with Crippen molar-refractivity contribution in [2.45, 2.75) is 6.92 Å². The highest BCUT2D eigenvalue weighted by atomic mass is 15.0. The minimum Gasteiger partial charge on any atom is -0.309 e. The minimum absolute atomic E-state index is 0.645. The molecule has 0 amide bonds. The normalized spacial score (nSPS) is 11.3. The molecule has 0 saturated heterocycles. The molecule has 208 valence electrons. The van der Waals surface area contributed by atoms with Crippen LogP contribution in [-0.2, 0) is 0 Å². The van der Waals surface area contributed by atoms with Crippen LogP contribution in [0, 0.1) is 6.92 Å². The van der Waals surface area contributed by atoms with E-state index in [1.807, 2.05) is 60.7 Å². The van der Waals surface area contributed by atoms with Gasteiger partial charge >= 0.3 is 0 Å². The van der Waals surface area contributed by atoms with Crippen molar-refractivity contribution in [2.75, 3.05) is 0 Å². The van der Waals surface area contributed by atoms with Crippen molar-refractivity contribution in [2.24, 2.45) is 0 Å². The third kappa shape index (κ3) is 4.54. The van der Waals surface area contributed by atoms with Crippen molar-refractivity contribution in [3.8, 4) is 51.0 Å². The largest absolute Gasteiger partial charge is 0.309 e. The van der Waals surface area contributed by atoms with Crippen LogP contribution in [0.25, 0.3) is 72.8 Å². The summed E-state index contributed by atoms with van der Waals surface area (Å²) in [7, 11) is 0. The summed E-state index contributed by atoms with van der Waals surface area (Å²) in [4.78, 5) is 14.7. The zero-order valence-electron chi connectivity index (χ0n) is 24.2. The summed E-state index contributed by atoms with van der Waals surface area (Å²) in [5, 5.41) is 2.47. The maximum atomic E-state index is 4.92. The van der Waals surface area contributed by atoms with Gasteiger partial charge in [-0.3, -0.25) is 0 Å². The van der Waals surface area contributed by atoms with Crippen molar-refractivity contribution < 1.29 is 0 Å². The molecule has 0 bridgehead atoms. The summed E-state index contributed by atoms with van der Waals surface area (Å²) in [6.07, 6.45) is 0. The number of benzene rings is 6. The van der Waals surface area contributed by atoms with Crippen molar-refractivity contribution >= 4 is 21.8 Å². The molecular weight excluding hydrogens is 536 g/mol. The fourth-order valence-corrected chi connectivity index (χ4v) is 5.95. The lowest BCUT2D eigenvalue weighted by molar-refractivity contribution is 1.07. The highest BCUT2D eigenvalue weighted by Crippen LogP contribution is 2.38. The summed E-state index contributed by atoms with van der Waals surface area (Å²) < 4.78 is 2.38. The topological polar surface area (TPSA) is 43.6 Å². The van der Waals surface area contributed by atoms with Gasteiger partial charge in [0.2, 0.25) is 0 Å². The van der Waals surface area contributed by atoms with E-state index in [-0.39, 0.29) is 0 Å². The molecule has 0 atom stereocenters. The molecule has 8 aromatic rings. The highest BCUT2D eigenvalue weighted by Gasteiger charge is 2.17. The van der Waals surface area contributed by atoms with Gasteiger partial charge in [0.1, 0.15) is 0 Å². The number of hydrogen-bond donors (Lipinski definition) is 0. The van der Waals surface area contributed by atoms with Gasteiger partial charge in [-0.25, -0.2) is 15.0 Å². The number of fused-ring (bicyclic) bond motifs is 3. The molecule has 4 nitrogen and oxygen atoms in total. The number of nitrogens with zero attached hydrogens (tertiary/aromatic N) is 4. The van der Waals surface area contributed by atoms with Crippen LogP contribution in [0.15, 0.2) is 152 Å². The smallest absolute Gasteiger partial charge is 0.164 e. The zero-order chi connectivity index (χ0) is 29.5. The summed E-state index contributed by atoms with van der Waals surface area (Å²) in [5.41, 5.74) is 9.97. The highest BCUT2D eigenvalue weighted by molar-refractivity contribution is 6.13. The Hall–Kier alpha value is -5.87. The fraction of sp³-hybridized carbons (Fsp3) is 0.0250. The van der Waals surface area contributed by atoms with Crippen LogP contribution in [0.5, 0.6) is 0 Å². The monoisotopic (exact) mass is 564 g/mol. The SMILES string of the molecule is Cc1ccc(-c2cccc3c4ccccc4n(-c4ccc(-c5nc(-c6ccccc6)nc(-c6ccccc6)n5)cc4)c23)cc1. The molecular formula is C40H28N4. The van der Waals surface area contributed by atoms with Gasteiger partial charge in [-0.2, -0.15) is 0 Å². The molecule has 0 saturated carbocycles. The Kier molecular flexibility index (Phi) is 6.31. The van der Waals surface area contributed by atoms with Gasteiger partial charge in [-0.15, -0.1) is 0 Å². The number of aryl methyl sites for hydroxylation is 1. The first-order chi connectivity index (χ1) is 21.7. The summed E-state index contributed by atoms with van der Waals surface area (Å²) >= 11 is 0. The molecule has 0 unspecified atom stereocenters. The van der Waals surface area contributed by atoms with Gasteiger partial charge in [-0.1, -0.05) is 127 Å². The number of hydrogen-bond acceptors (Lipinski definition) is 3. The summed E-state index contributed by atoms with van der Waals surface area (Å²) in [6, 6.07) is 52.7. The Morgan fingerprint density at radius 3 is 1.52 bits per heavy atom. The lowest BCUT2D eigenvalue weighted by Gasteiger charge is -2.13. The molecule has 2 aromatic heterocycles. The van der Waals surface area contributed by atoms with E-state index in [0.717, 1.165) is 22.4 Å². The van der Waals surface area contributed by atoms with Crippen LogP contribution < -0.4 is 0 Å². The fourth-order valence-electron chi connectivity index (χ4n) is 5.95. The lowest BCUT2D eigenvalue weighted by Crippen LogP contribution is -2.00. The van der Waals surface area contributed by atoms with E-state index in [1.54, 1.807) is 0 Å². The second-order valence-electron chi connectivity index (χ2n) is 11.0. The quantitative estimate of drug-likeness (QED) is 0.209. The molecule has 8 rings (SSSR count). The Morgan fingerprint density at radius 2 is 0.909 bits per heavy atom. The van der Waals surface area contributed by atoms with Gasteiger partial charge in [0.15, 0.2) is 17.5 Å². The minimum atomic E-state index is 0.645. The van der Waals surface area contributed by atoms with Crippen molar-refractivity contribution in [3.05, 3.63) is 157 Å². The molecule has 0 radical (unpaired) electrons.